The molecule has 3 aromatic carbocycles. The average Bonchev–Trinajstić information content (AvgIpc) is 2.98. The highest BCUT2D eigenvalue weighted by molar-refractivity contribution is 8.00. The zero-order valence-corrected chi connectivity index (χ0v) is 15.6. The maximum atomic E-state index is 2.39. The van der Waals surface area contributed by atoms with Crippen LogP contribution in [0.2, 0.25) is 0 Å². The van der Waals surface area contributed by atoms with E-state index in [-0.39, 0.29) is 0 Å². The molecule has 4 rings (SSSR count). The minimum atomic E-state index is 0.430. The summed E-state index contributed by atoms with van der Waals surface area (Å²) in [6.07, 6.45) is 2.15. The molecule has 0 N–H and O–H groups in total. The summed E-state index contributed by atoms with van der Waals surface area (Å²) < 4.78 is 4.76. The second-order valence-corrected chi connectivity index (χ2v) is 7.22. The highest BCUT2D eigenvalue weighted by atomic mass is 32.2. The van der Waals surface area contributed by atoms with E-state index in [9.17, 15) is 0 Å². The fraction of sp³-hybridized carbons (Fsp3) is 0.182. The molecule has 25 heavy (non-hydrogen) atoms. The van der Waals surface area contributed by atoms with E-state index in [0.717, 1.165) is 0 Å². The SMILES string of the molecule is CSN(c1cccc2c1c1ccccc1n2-c1ccccc1)C(C)C. The van der Waals surface area contributed by atoms with Crippen molar-refractivity contribution in [2.75, 3.05) is 10.6 Å². The van der Waals surface area contributed by atoms with E-state index in [0.29, 0.717) is 6.04 Å². The van der Waals surface area contributed by atoms with Crippen LogP contribution < -0.4 is 4.31 Å². The highest BCUT2D eigenvalue weighted by Gasteiger charge is 2.19. The predicted octanol–water partition coefficient (Wildman–Crippen LogP) is 6.28. The Balaban J connectivity index is 2.14. The van der Waals surface area contributed by atoms with E-state index in [1.807, 2.05) is 0 Å². The number of fused-ring (bicyclic) bond motifs is 3. The number of para-hydroxylation sites is 2. The topological polar surface area (TPSA) is 8.17 Å². The third-order valence-corrected chi connectivity index (χ3v) is 5.60. The van der Waals surface area contributed by atoms with Gasteiger partial charge in [0.15, 0.2) is 0 Å². The number of hydrogen-bond acceptors (Lipinski definition) is 2. The molecule has 0 atom stereocenters. The zero-order valence-electron chi connectivity index (χ0n) is 14.8. The Morgan fingerprint density at radius 1 is 0.800 bits per heavy atom. The number of nitrogens with zero attached hydrogens (tertiary/aromatic N) is 2. The van der Waals surface area contributed by atoms with Crippen LogP contribution in [0.15, 0.2) is 72.8 Å². The van der Waals surface area contributed by atoms with Crippen LogP contribution in [0.4, 0.5) is 5.69 Å². The van der Waals surface area contributed by atoms with Crippen LogP contribution in [0.5, 0.6) is 0 Å². The van der Waals surface area contributed by atoms with E-state index < -0.39 is 0 Å². The lowest BCUT2D eigenvalue weighted by molar-refractivity contribution is 0.840. The predicted molar refractivity (Wildman–Crippen MR) is 112 cm³/mol. The molecule has 2 nitrogen and oxygen atoms in total. The van der Waals surface area contributed by atoms with Crippen molar-refractivity contribution in [2.45, 2.75) is 19.9 Å². The van der Waals surface area contributed by atoms with E-state index in [2.05, 4.69) is 102 Å². The van der Waals surface area contributed by atoms with Crippen LogP contribution >= 0.6 is 11.9 Å². The van der Waals surface area contributed by atoms with Crippen molar-refractivity contribution in [3.8, 4) is 5.69 Å². The minimum absolute atomic E-state index is 0.430. The number of aromatic nitrogens is 1. The van der Waals surface area contributed by atoms with Gasteiger partial charge in [-0.15, -0.1) is 0 Å². The molecular formula is C22H22N2S. The van der Waals surface area contributed by atoms with Crippen molar-refractivity contribution in [1.29, 1.82) is 0 Å². The summed E-state index contributed by atoms with van der Waals surface area (Å²) in [5.74, 6) is 0. The molecule has 0 saturated heterocycles. The normalized spacial score (nSPS) is 11.5. The Morgan fingerprint density at radius 3 is 2.20 bits per heavy atom. The monoisotopic (exact) mass is 346 g/mol. The standard InChI is InChI=1S/C22H22N2S/c1-16(2)24(25-3)21-15-9-14-20-22(21)18-12-7-8-13-19(18)23(20)17-10-5-4-6-11-17/h4-16H,1-3H3. The largest absolute Gasteiger partial charge is 0.313 e. The second-order valence-electron chi connectivity index (χ2n) is 6.46. The Bertz CT molecular complexity index is 1020. The van der Waals surface area contributed by atoms with Crippen LogP contribution in [0.3, 0.4) is 0 Å². The number of hydrogen-bond donors (Lipinski definition) is 0. The van der Waals surface area contributed by atoms with Crippen LogP contribution in [0.1, 0.15) is 13.8 Å². The maximum absolute atomic E-state index is 2.39. The summed E-state index contributed by atoms with van der Waals surface area (Å²) >= 11 is 1.78. The molecule has 0 amide bonds. The van der Waals surface area contributed by atoms with Gasteiger partial charge in [0, 0.05) is 28.8 Å². The molecule has 1 aromatic heterocycles. The Morgan fingerprint density at radius 2 is 1.48 bits per heavy atom. The first-order valence-electron chi connectivity index (χ1n) is 8.63. The van der Waals surface area contributed by atoms with Crippen molar-refractivity contribution < 1.29 is 0 Å². The first-order chi connectivity index (χ1) is 12.2. The average molecular weight is 346 g/mol. The molecule has 0 saturated carbocycles. The van der Waals surface area contributed by atoms with Gasteiger partial charge in [0.25, 0.3) is 0 Å². The summed E-state index contributed by atoms with van der Waals surface area (Å²) in [5.41, 5.74) is 4.99. The Hall–Kier alpha value is -2.39. The summed E-state index contributed by atoms with van der Waals surface area (Å²) in [4.78, 5) is 0. The number of rotatable bonds is 4. The van der Waals surface area contributed by atoms with E-state index in [4.69, 9.17) is 0 Å². The van der Waals surface area contributed by atoms with Crippen LogP contribution in [-0.2, 0) is 0 Å². The molecule has 0 radical (unpaired) electrons. The maximum Gasteiger partial charge on any atom is 0.0573 e. The lowest BCUT2D eigenvalue weighted by Gasteiger charge is -2.26. The minimum Gasteiger partial charge on any atom is -0.313 e. The van der Waals surface area contributed by atoms with Gasteiger partial charge in [-0.3, -0.25) is 0 Å². The molecule has 126 valence electrons. The van der Waals surface area contributed by atoms with Gasteiger partial charge in [-0.1, -0.05) is 54.4 Å². The van der Waals surface area contributed by atoms with Gasteiger partial charge >= 0.3 is 0 Å². The first kappa shape index (κ1) is 16.1. The molecule has 0 aliphatic heterocycles. The van der Waals surface area contributed by atoms with Gasteiger partial charge in [-0.25, -0.2) is 0 Å². The van der Waals surface area contributed by atoms with Crippen LogP contribution in [0.25, 0.3) is 27.5 Å². The smallest absolute Gasteiger partial charge is 0.0573 e. The number of anilines is 1. The second kappa shape index (κ2) is 6.49. The fourth-order valence-corrected chi connectivity index (χ4v) is 4.40. The van der Waals surface area contributed by atoms with Crippen LogP contribution in [-0.4, -0.2) is 16.9 Å². The van der Waals surface area contributed by atoms with Crippen molar-refractivity contribution in [3.05, 3.63) is 72.8 Å². The Kier molecular flexibility index (Phi) is 4.18. The lowest BCUT2D eigenvalue weighted by atomic mass is 10.1. The van der Waals surface area contributed by atoms with Gasteiger partial charge in [0.2, 0.25) is 0 Å². The molecule has 0 bridgehead atoms. The molecule has 0 spiro atoms. The highest BCUT2D eigenvalue weighted by Crippen LogP contribution is 2.39. The van der Waals surface area contributed by atoms with Crippen molar-refractivity contribution >= 4 is 39.4 Å². The number of benzene rings is 3. The van der Waals surface area contributed by atoms with Gasteiger partial charge in [-0.2, -0.15) is 0 Å². The zero-order chi connectivity index (χ0) is 17.4. The van der Waals surface area contributed by atoms with E-state index in [1.165, 1.54) is 33.2 Å². The summed E-state index contributed by atoms with van der Waals surface area (Å²) in [6, 6.07) is 26.4. The molecule has 0 aliphatic rings. The molecule has 1 heterocycles. The summed E-state index contributed by atoms with van der Waals surface area (Å²) in [6.45, 7) is 4.48. The fourth-order valence-electron chi connectivity index (χ4n) is 3.63. The molecule has 0 aliphatic carbocycles. The quantitative estimate of drug-likeness (QED) is 0.402. The van der Waals surface area contributed by atoms with E-state index >= 15 is 0 Å². The van der Waals surface area contributed by atoms with Crippen molar-refractivity contribution in [1.82, 2.24) is 4.57 Å². The third kappa shape index (κ3) is 2.59. The third-order valence-electron chi connectivity index (χ3n) is 4.59. The van der Waals surface area contributed by atoms with Crippen LogP contribution in [0, 0.1) is 0 Å². The molecule has 0 fully saturated rings. The molecule has 4 aromatic rings. The molecular weight excluding hydrogens is 324 g/mol. The van der Waals surface area contributed by atoms with Gasteiger partial charge in [-0.05, 0) is 44.2 Å². The van der Waals surface area contributed by atoms with Gasteiger partial charge in [0.05, 0.1) is 16.7 Å². The molecule has 3 heteroatoms. The lowest BCUT2D eigenvalue weighted by Crippen LogP contribution is -2.22. The first-order valence-corrected chi connectivity index (χ1v) is 9.81. The van der Waals surface area contributed by atoms with Gasteiger partial charge < -0.3 is 8.87 Å². The van der Waals surface area contributed by atoms with Gasteiger partial charge in [0.1, 0.15) is 0 Å². The Labute approximate surface area is 153 Å². The molecule has 0 unspecified atom stereocenters. The van der Waals surface area contributed by atoms with E-state index in [1.54, 1.807) is 11.9 Å². The van der Waals surface area contributed by atoms with Crippen molar-refractivity contribution in [3.63, 3.8) is 0 Å². The summed E-state index contributed by atoms with van der Waals surface area (Å²) in [5, 5.41) is 2.63. The summed E-state index contributed by atoms with van der Waals surface area (Å²) in [7, 11) is 0. The van der Waals surface area contributed by atoms with Crippen molar-refractivity contribution in [2.24, 2.45) is 0 Å².